The molecule has 0 aliphatic rings. The predicted molar refractivity (Wildman–Crippen MR) is 68.9 cm³/mol. The van der Waals surface area contributed by atoms with Crippen molar-refractivity contribution in [3.05, 3.63) is 29.6 Å². The van der Waals surface area contributed by atoms with Gasteiger partial charge >= 0.3 is 0 Å². The zero-order valence-corrected chi connectivity index (χ0v) is 10.7. The molecule has 4 nitrogen and oxygen atoms in total. The second-order valence-electron chi connectivity index (χ2n) is 4.00. The van der Waals surface area contributed by atoms with Crippen molar-refractivity contribution in [1.29, 1.82) is 0 Å². The highest BCUT2D eigenvalue weighted by molar-refractivity contribution is 5.81. The number of aliphatic hydroxyl groups excluding tert-OH is 1. The van der Waals surface area contributed by atoms with Gasteiger partial charge in [0.2, 0.25) is 5.91 Å². The molecule has 0 aromatic heterocycles. The minimum Gasteiger partial charge on any atom is -0.392 e. The van der Waals surface area contributed by atoms with Crippen LogP contribution in [0, 0.1) is 5.82 Å². The molecular formula is C13H19FN2O2. The lowest BCUT2D eigenvalue weighted by Crippen LogP contribution is -2.37. The molecule has 18 heavy (non-hydrogen) atoms. The van der Waals surface area contributed by atoms with Crippen LogP contribution < -0.4 is 10.2 Å². The normalized spacial score (nSPS) is 10.2. The average Bonchev–Trinajstić information content (AvgIpc) is 2.37. The van der Waals surface area contributed by atoms with Crippen molar-refractivity contribution < 1.29 is 14.3 Å². The smallest absolute Gasteiger partial charge is 0.239 e. The lowest BCUT2D eigenvalue weighted by Gasteiger charge is -2.26. The Morgan fingerprint density at radius 3 is 2.78 bits per heavy atom. The van der Waals surface area contributed by atoms with Gasteiger partial charge in [-0.15, -0.1) is 0 Å². The summed E-state index contributed by atoms with van der Waals surface area (Å²) in [5, 5.41) is 11.8. The van der Waals surface area contributed by atoms with Gasteiger partial charge < -0.3 is 15.3 Å². The third-order valence-corrected chi connectivity index (χ3v) is 2.66. The van der Waals surface area contributed by atoms with Crippen LogP contribution in [0.15, 0.2) is 18.2 Å². The molecule has 0 bridgehead atoms. The second kappa shape index (κ2) is 6.96. The van der Waals surface area contributed by atoms with Crippen molar-refractivity contribution in [2.24, 2.45) is 0 Å². The molecule has 0 aliphatic heterocycles. The van der Waals surface area contributed by atoms with Crippen LogP contribution >= 0.6 is 0 Å². The number of amides is 1. The standard InChI is InChI=1S/C13H19FN2O2/c1-3-7-16(8-12(18)15-2)13-10(9-17)5-4-6-11(13)14/h4-6,17H,3,7-9H2,1-2H3,(H,15,18). The Labute approximate surface area is 106 Å². The van der Waals surface area contributed by atoms with Gasteiger partial charge in [-0.2, -0.15) is 0 Å². The highest BCUT2D eigenvalue weighted by Crippen LogP contribution is 2.24. The van der Waals surface area contributed by atoms with Gasteiger partial charge in [-0.25, -0.2) is 4.39 Å². The molecule has 5 heteroatoms. The van der Waals surface area contributed by atoms with E-state index >= 15 is 0 Å². The summed E-state index contributed by atoms with van der Waals surface area (Å²) >= 11 is 0. The van der Waals surface area contributed by atoms with Crippen LogP contribution in [0.5, 0.6) is 0 Å². The van der Waals surface area contributed by atoms with Crippen molar-refractivity contribution in [2.45, 2.75) is 20.0 Å². The fraction of sp³-hybridized carbons (Fsp3) is 0.462. The van der Waals surface area contributed by atoms with E-state index in [9.17, 15) is 14.3 Å². The maximum atomic E-state index is 13.9. The molecule has 0 atom stereocenters. The number of nitrogens with one attached hydrogen (secondary N) is 1. The fourth-order valence-electron chi connectivity index (χ4n) is 1.83. The number of nitrogens with zero attached hydrogens (tertiary/aromatic N) is 1. The first-order valence-electron chi connectivity index (χ1n) is 5.97. The molecule has 0 saturated heterocycles. The molecule has 0 saturated carbocycles. The van der Waals surface area contributed by atoms with E-state index in [1.54, 1.807) is 24.1 Å². The highest BCUT2D eigenvalue weighted by Gasteiger charge is 2.17. The van der Waals surface area contributed by atoms with Crippen molar-refractivity contribution in [1.82, 2.24) is 5.32 Å². The quantitative estimate of drug-likeness (QED) is 0.804. The highest BCUT2D eigenvalue weighted by atomic mass is 19.1. The van der Waals surface area contributed by atoms with Crippen LogP contribution in [0.2, 0.25) is 0 Å². The van der Waals surface area contributed by atoms with Crippen LogP contribution in [0.4, 0.5) is 10.1 Å². The summed E-state index contributed by atoms with van der Waals surface area (Å²) in [6.07, 6.45) is 0.788. The van der Waals surface area contributed by atoms with Gasteiger partial charge in [0.15, 0.2) is 0 Å². The number of para-hydroxylation sites is 1. The van der Waals surface area contributed by atoms with Crippen LogP contribution in [-0.2, 0) is 11.4 Å². The van der Waals surface area contributed by atoms with Crippen molar-refractivity contribution in [3.8, 4) is 0 Å². The summed E-state index contributed by atoms with van der Waals surface area (Å²) in [6, 6.07) is 4.54. The molecule has 0 aliphatic carbocycles. The third kappa shape index (κ3) is 3.43. The van der Waals surface area contributed by atoms with Crippen molar-refractivity contribution >= 4 is 11.6 Å². The first-order chi connectivity index (χ1) is 8.63. The number of halogens is 1. The van der Waals surface area contributed by atoms with Crippen LogP contribution in [0.3, 0.4) is 0 Å². The number of carbonyl (C=O) groups excluding carboxylic acids is 1. The Morgan fingerprint density at radius 1 is 1.50 bits per heavy atom. The molecule has 0 heterocycles. The van der Waals surface area contributed by atoms with Gasteiger partial charge in [0.25, 0.3) is 0 Å². The predicted octanol–water partition coefficient (Wildman–Crippen LogP) is 1.28. The summed E-state index contributed by atoms with van der Waals surface area (Å²) in [5.41, 5.74) is 0.804. The lowest BCUT2D eigenvalue weighted by molar-refractivity contribution is -0.119. The molecule has 1 rings (SSSR count). The number of hydrogen-bond donors (Lipinski definition) is 2. The molecule has 0 spiro atoms. The van der Waals surface area contributed by atoms with Crippen molar-refractivity contribution in [3.63, 3.8) is 0 Å². The number of carbonyl (C=O) groups is 1. The van der Waals surface area contributed by atoms with Crippen LogP contribution in [0.1, 0.15) is 18.9 Å². The molecular weight excluding hydrogens is 235 g/mol. The summed E-state index contributed by atoms with van der Waals surface area (Å²) < 4.78 is 13.9. The number of rotatable bonds is 6. The van der Waals surface area contributed by atoms with E-state index in [1.807, 2.05) is 6.92 Å². The Bertz CT molecular complexity index is 410. The van der Waals surface area contributed by atoms with Crippen LogP contribution in [-0.4, -0.2) is 31.2 Å². The number of anilines is 1. The summed E-state index contributed by atoms with van der Waals surface area (Å²) in [7, 11) is 1.54. The first-order valence-corrected chi connectivity index (χ1v) is 5.97. The Morgan fingerprint density at radius 2 is 2.22 bits per heavy atom. The number of likely N-dealkylation sites (N-methyl/N-ethyl adjacent to an activating group) is 1. The largest absolute Gasteiger partial charge is 0.392 e. The van der Waals surface area contributed by atoms with Gasteiger partial charge in [0.1, 0.15) is 5.82 Å². The Balaban J connectivity index is 3.07. The minimum atomic E-state index is -0.418. The van der Waals surface area contributed by atoms with Gasteiger partial charge in [-0.1, -0.05) is 19.1 Å². The van der Waals surface area contributed by atoms with E-state index in [0.717, 1.165) is 6.42 Å². The van der Waals surface area contributed by atoms with Gasteiger partial charge in [-0.05, 0) is 12.5 Å². The zero-order chi connectivity index (χ0) is 13.5. The van der Waals surface area contributed by atoms with Gasteiger partial charge in [-0.3, -0.25) is 4.79 Å². The number of hydrogen-bond acceptors (Lipinski definition) is 3. The Hall–Kier alpha value is -1.62. The molecule has 0 unspecified atom stereocenters. The molecule has 0 fully saturated rings. The maximum Gasteiger partial charge on any atom is 0.239 e. The topological polar surface area (TPSA) is 52.6 Å². The van der Waals surface area contributed by atoms with E-state index in [0.29, 0.717) is 17.8 Å². The number of benzene rings is 1. The van der Waals surface area contributed by atoms with Crippen LogP contribution in [0.25, 0.3) is 0 Å². The fourth-order valence-corrected chi connectivity index (χ4v) is 1.83. The van der Waals surface area contributed by atoms with Gasteiger partial charge in [0.05, 0.1) is 18.8 Å². The summed E-state index contributed by atoms with van der Waals surface area (Å²) in [6.45, 7) is 2.34. The molecule has 100 valence electrons. The number of aliphatic hydroxyl groups is 1. The SMILES string of the molecule is CCCN(CC(=O)NC)c1c(F)cccc1CO. The molecule has 1 aromatic rings. The van der Waals surface area contributed by atoms with Crippen molar-refractivity contribution in [2.75, 3.05) is 25.0 Å². The third-order valence-electron chi connectivity index (χ3n) is 2.66. The lowest BCUT2D eigenvalue weighted by atomic mass is 10.1. The molecule has 2 N–H and O–H groups in total. The van der Waals surface area contributed by atoms with E-state index in [2.05, 4.69) is 5.32 Å². The molecule has 0 radical (unpaired) electrons. The summed E-state index contributed by atoms with van der Waals surface area (Å²) in [4.78, 5) is 13.1. The van der Waals surface area contributed by atoms with E-state index in [-0.39, 0.29) is 19.1 Å². The monoisotopic (exact) mass is 254 g/mol. The molecule has 1 amide bonds. The maximum absolute atomic E-state index is 13.9. The zero-order valence-electron chi connectivity index (χ0n) is 10.7. The minimum absolute atomic E-state index is 0.0816. The van der Waals surface area contributed by atoms with E-state index < -0.39 is 5.82 Å². The van der Waals surface area contributed by atoms with E-state index in [1.165, 1.54) is 6.07 Å². The van der Waals surface area contributed by atoms with Gasteiger partial charge in [0, 0.05) is 19.2 Å². The molecule has 1 aromatic carbocycles. The second-order valence-corrected chi connectivity index (χ2v) is 4.00. The Kier molecular flexibility index (Phi) is 5.58. The average molecular weight is 254 g/mol. The summed E-state index contributed by atoms with van der Waals surface area (Å²) in [5.74, 6) is -0.602. The first kappa shape index (κ1) is 14.4. The van der Waals surface area contributed by atoms with E-state index in [4.69, 9.17) is 0 Å².